The summed E-state index contributed by atoms with van der Waals surface area (Å²) in [6.07, 6.45) is 7.29. The maximum absolute atomic E-state index is 4.43. The molecule has 0 amide bonds. The van der Waals surface area contributed by atoms with Crippen LogP contribution in [0.15, 0.2) is 30.4 Å². The van der Waals surface area contributed by atoms with E-state index in [1.54, 1.807) is 0 Å². The van der Waals surface area contributed by atoms with Gasteiger partial charge in [0.05, 0.1) is 11.0 Å². The maximum atomic E-state index is 4.43. The van der Waals surface area contributed by atoms with E-state index in [9.17, 15) is 0 Å². The van der Waals surface area contributed by atoms with Gasteiger partial charge in [-0.2, -0.15) is 0 Å². The normalized spacial score (nSPS) is 29.3. The fraction of sp³-hybridized carbons (Fsp3) is 0.400. The van der Waals surface area contributed by atoms with Crippen LogP contribution in [0.4, 0.5) is 5.69 Å². The molecule has 2 aliphatic carbocycles. The number of nitrogens with zero attached hydrogens (tertiary/aromatic N) is 1. The zero-order chi connectivity index (χ0) is 12.1. The molecule has 0 spiro atoms. The van der Waals surface area contributed by atoms with Crippen molar-refractivity contribution in [2.24, 2.45) is 11.8 Å². The zero-order valence-electron chi connectivity index (χ0n) is 10.5. The van der Waals surface area contributed by atoms with Crippen LogP contribution in [0.25, 0.3) is 11.0 Å². The molecule has 2 N–H and O–H groups in total. The van der Waals surface area contributed by atoms with Gasteiger partial charge < -0.3 is 10.3 Å². The molecule has 1 aromatic carbocycles. The van der Waals surface area contributed by atoms with E-state index >= 15 is 0 Å². The van der Waals surface area contributed by atoms with Crippen molar-refractivity contribution in [1.82, 2.24) is 9.97 Å². The van der Waals surface area contributed by atoms with Gasteiger partial charge in [-0.15, -0.1) is 0 Å². The first-order valence-electron chi connectivity index (χ1n) is 6.69. The smallest absolute Gasteiger partial charge is 0.104 e. The van der Waals surface area contributed by atoms with Crippen molar-refractivity contribution in [3.8, 4) is 0 Å². The highest BCUT2D eigenvalue weighted by atomic mass is 15.0. The summed E-state index contributed by atoms with van der Waals surface area (Å²) in [5, 5.41) is 3.65. The highest BCUT2D eigenvalue weighted by Crippen LogP contribution is 2.44. The number of imidazole rings is 1. The minimum Gasteiger partial charge on any atom is -0.382 e. The van der Waals surface area contributed by atoms with Crippen molar-refractivity contribution < 1.29 is 0 Å². The Balaban J connectivity index is 1.57. The van der Waals surface area contributed by atoms with Crippen LogP contribution in [0, 0.1) is 18.8 Å². The molecule has 0 saturated heterocycles. The molecule has 1 aromatic heterocycles. The number of benzene rings is 1. The summed E-state index contributed by atoms with van der Waals surface area (Å²) >= 11 is 0. The number of H-pyrrole nitrogens is 1. The second-order valence-electron chi connectivity index (χ2n) is 5.54. The number of anilines is 1. The third kappa shape index (κ3) is 1.47. The summed E-state index contributed by atoms with van der Waals surface area (Å²) in [5.74, 6) is 2.63. The first kappa shape index (κ1) is 10.2. The number of hydrogen-bond acceptors (Lipinski definition) is 2. The molecule has 3 nitrogen and oxygen atoms in total. The Labute approximate surface area is 106 Å². The molecule has 0 radical (unpaired) electrons. The molecule has 3 heteroatoms. The van der Waals surface area contributed by atoms with Gasteiger partial charge in [0.15, 0.2) is 0 Å². The zero-order valence-corrected chi connectivity index (χ0v) is 10.5. The average Bonchev–Trinajstić information content (AvgIpc) is 2.87. The number of hydrogen-bond donors (Lipinski definition) is 2. The highest BCUT2D eigenvalue weighted by molar-refractivity contribution is 5.79. The van der Waals surface area contributed by atoms with Crippen molar-refractivity contribution in [2.45, 2.75) is 25.8 Å². The topological polar surface area (TPSA) is 40.7 Å². The minimum atomic E-state index is 0.621. The van der Waals surface area contributed by atoms with Gasteiger partial charge in [0.2, 0.25) is 0 Å². The lowest BCUT2D eigenvalue weighted by molar-refractivity contribution is 0.218. The summed E-state index contributed by atoms with van der Waals surface area (Å²) in [4.78, 5) is 7.72. The summed E-state index contributed by atoms with van der Waals surface area (Å²) < 4.78 is 0. The first-order chi connectivity index (χ1) is 8.79. The van der Waals surface area contributed by atoms with Crippen LogP contribution < -0.4 is 5.32 Å². The Morgan fingerprint density at radius 1 is 1.39 bits per heavy atom. The van der Waals surface area contributed by atoms with Crippen molar-refractivity contribution in [3.63, 3.8) is 0 Å². The average molecular weight is 239 g/mol. The van der Waals surface area contributed by atoms with Gasteiger partial charge in [-0.3, -0.25) is 0 Å². The summed E-state index contributed by atoms with van der Waals surface area (Å²) in [6.45, 7) is 1.99. The fourth-order valence-electron chi connectivity index (χ4n) is 3.32. The monoisotopic (exact) mass is 239 g/mol. The molecule has 18 heavy (non-hydrogen) atoms. The molecule has 1 saturated carbocycles. The van der Waals surface area contributed by atoms with Crippen LogP contribution in [0.1, 0.15) is 18.7 Å². The first-order valence-corrected chi connectivity index (χ1v) is 6.69. The Kier molecular flexibility index (Phi) is 2.04. The molecular formula is C15H17N3. The highest BCUT2D eigenvalue weighted by Gasteiger charge is 2.40. The van der Waals surface area contributed by atoms with E-state index in [2.05, 4.69) is 45.6 Å². The quantitative estimate of drug-likeness (QED) is 0.790. The van der Waals surface area contributed by atoms with Crippen LogP contribution in [0.5, 0.6) is 0 Å². The minimum absolute atomic E-state index is 0.621. The Morgan fingerprint density at radius 3 is 3.22 bits per heavy atom. The summed E-state index contributed by atoms with van der Waals surface area (Å²) in [7, 11) is 0. The molecule has 92 valence electrons. The molecule has 1 fully saturated rings. The van der Waals surface area contributed by atoms with Crippen LogP contribution in [-0.4, -0.2) is 16.0 Å². The number of allylic oxidation sites excluding steroid dienone is 1. The van der Waals surface area contributed by atoms with Gasteiger partial charge in [0.1, 0.15) is 5.82 Å². The van der Waals surface area contributed by atoms with Crippen LogP contribution in [-0.2, 0) is 0 Å². The molecular weight excluding hydrogens is 222 g/mol. The lowest BCUT2D eigenvalue weighted by Crippen LogP contribution is -2.43. The number of aromatic nitrogens is 2. The Hall–Kier alpha value is -1.77. The fourth-order valence-corrected chi connectivity index (χ4v) is 3.32. The Bertz CT molecular complexity index is 626. The van der Waals surface area contributed by atoms with E-state index in [0.29, 0.717) is 6.04 Å². The Morgan fingerprint density at radius 2 is 2.33 bits per heavy atom. The van der Waals surface area contributed by atoms with E-state index in [1.165, 1.54) is 18.5 Å². The van der Waals surface area contributed by atoms with Crippen molar-refractivity contribution in [1.29, 1.82) is 0 Å². The van der Waals surface area contributed by atoms with Gasteiger partial charge in [0.25, 0.3) is 0 Å². The van der Waals surface area contributed by atoms with E-state index < -0.39 is 0 Å². The number of rotatable bonds is 2. The molecule has 0 aliphatic heterocycles. The van der Waals surface area contributed by atoms with E-state index in [1.807, 2.05) is 6.92 Å². The van der Waals surface area contributed by atoms with Crippen LogP contribution >= 0.6 is 0 Å². The van der Waals surface area contributed by atoms with E-state index in [-0.39, 0.29) is 0 Å². The lowest BCUT2D eigenvalue weighted by atomic mass is 9.71. The molecule has 3 atom stereocenters. The van der Waals surface area contributed by atoms with Gasteiger partial charge >= 0.3 is 0 Å². The molecule has 4 rings (SSSR count). The van der Waals surface area contributed by atoms with E-state index in [0.717, 1.165) is 28.7 Å². The maximum Gasteiger partial charge on any atom is 0.104 e. The van der Waals surface area contributed by atoms with E-state index in [4.69, 9.17) is 0 Å². The third-order valence-corrected chi connectivity index (χ3v) is 4.32. The lowest BCUT2D eigenvalue weighted by Gasteiger charge is -2.41. The molecule has 3 unspecified atom stereocenters. The van der Waals surface area contributed by atoms with Gasteiger partial charge in [-0.25, -0.2) is 4.98 Å². The van der Waals surface area contributed by atoms with Crippen LogP contribution in [0.3, 0.4) is 0 Å². The summed E-state index contributed by atoms with van der Waals surface area (Å²) in [5.41, 5.74) is 3.37. The number of aryl methyl sites for hydroxylation is 1. The standard InChI is InChI=1S/C15H17N3/c1-9-16-13-6-5-11(8-15(13)17-9)18-14-7-10-3-2-4-12(10)14/h2,4-6,8,10,12,14,18H,3,7H2,1H3,(H,16,17). The predicted molar refractivity (Wildman–Crippen MR) is 73.6 cm³/mol. The molecule has 2 aliphatic rings. The molecule has 1 heterocycles. The SMILES string of the molecule is Cc1nc2ccc(NC3CC4CC=CC43)cc2[nH]1. The van der Waals surface area contributed by atoms with Crippen molar-refractivity contribution in [3.05, 3.63) is 36.2 Å². The van der Waals surface area contributed by atoms with Crippen LogP contribution in [0.2, 0.25) is 0 Å². The van der Waals surface area contributed by atoms with Gasteiger partial charge in [0, 0.05) is 17.6 Å². The number of aromatic amines is 1. The molecule has 2 aromatic rings. The number of fused-ring (bicyclic) bond motifs is 2. The second-order valence-corrected chi connectivity index (χ2v) is 5.54. The van der Waals surface area contributed by atoms with Crippen molar-refractivity contribution >= 4 is 16.7 Å². The largest absolute Gasteiger partial charge is 0.382 e. The third-order valence-electron chi connectivity index (χ3n) is 4.32. The second kappa shape index (κ2) is 3.61. The van der Waals surface area contributed by atoms with Gasteiger partial charge in [-0.1, -0.05) is 12.2 Å². The molecule has 0 bridgehead atoms. The van der Waals surface area contributed by atoms with Gasteiger partial charge in [-0.05, 0) is 43.9 Å². The number of nitrogens with one attached hydrogen (secondary N) is 2. The summed E-state index contributed by atoms with van der Waals surface area (Å²) in [6, 6.07) is 7.01. The van der Waals surface area contributed by atoms with Crippen molar-refractivity contribution in [2.75, 3.05) is 5.32 Å². The predicted octanol–water partition coefficient (Wildman–Crippen LogP) is 3.25.